The molecule has 0 radical (unpaired) electrons. The first-order chi connectivity index (χ1) is 11.1. The van der Waals surface area contributed by atoms with E-state index in [9.17, 15) is 4.79 Å². The highest BCUT2D eigenvalue weighted by Gasteiger charge is 2.09. The number of hydrogen-bond acceptors (Lipinski definition) is 4. The molecule has 2 aromatic rings. The third-order valence-corrected chi connectivity index (χ3v) is 4.25. The van der Waals surface area contributed by atoms with Crippen LogP contribution in [0.2, 0.25) is 0 Å². The molecule has 4 nitrogen and oxygen atoms in total. The van der Waals surface area contributed by atoms with E-state index >= 15 is 0 Å². The second-order valence-electron chi connectivity index (χ2n) is 5.68. The topological polar surface area (TPSA) is 47.6 Å². The highest BCUT2D eigenvalue weighted by Crippen LogP contribution is 2.28. The van der Waals surface area contributed by atoms with Crippen LogP contribution < -0.4 is 14.8 Å². The van der Waals surface area contributed by atoms with Crippen molar-refractivity contribution in [2.24, 2.45) is 5.92 Å². The summed E-state index contributed by atoms with van der Waals surface area (Å²) in [7, 11) is 1.62. The van der Waals surface area contributed by atoms with E-state index in [1.165, 1.54) is 11.3 Å². The Labute approximate surface area is 141 Å². The highest BCUT2D eigenvalue weighted by atomic mass is 32.1. The lowest BCUT2D eigenvalue weighted by molar-refractivity contribution is 0.0955. The molecule has 1 heterocycles. The van der Waals surface area contributed by atoms with Gasteiger partial charge < -0.3 is 14.8 Å². The number of nitrogens with one attached hydrogen (secondary N) is 1. The Balaban J connectivity index is 1.94. The summed E-state index contributed by atoms with van der Waals surface area (Å²) in [6, 6.07) is 9.42. The second-order valence-corrected chi connectivity index (χ2v) is 6.62. The van der Waals surface area contributed by atoms with E-state index in [1.54, 1.807) is 7.11 Å². The van der Waals surface area contributed by atoms with Gasteiger partial charge in [0.2, 0.25) is 0 Å². The lowest BCUT2D eigenvalue weighted by Gasteiger charge is -2.13. The Bertz CT molecular complexity index is 623. The Morgan fingerprint density at radius 1 is 1.26 bits per heavy atom. The predicted octanol–water partition coefficient (Wildman–Crippen LogP) is 4.11. The highest BCUT2D eigenvalue weighted by molar-refractivity contribution is 7.12. The molecule has 1 amide bonds. The summed E-state index contributed by atoms with van der Waals surface area (Å²) in [5.41, 5.74) is 0.975. The van der Waals surface area contributed by atoms with Gasteiger partial charge >= 0.3 is 0 Å². The van der Waals surface area contributed by atoms with E-state index in [1.807, 2.05) is 35.7 Å². The Morgan fingerprint density at radius 3 is 2.74 bits per heavy atom. The molecule has 2 rings (SSSR count). The minimum atomic E-state index is -0.0590. The maximum Gasteiger partial charge on any atom is 0.261 e. The van der Waals surface area contributed by atoms with Crippen LogP contribution in [0.1, 0.15) is 35.5 Å². The zero-order valence-corrected chi connectivity index (χ0v) is 14.6. The van der Waals surface area contributed by atoms with Crippen LogP contribution in [0.5, 0.6) is 11.5 Å². The lowest BCUT2D eigenvalue weighted by atomic mass is 10.1. The summed E-state index contributed by atoms with van der Waals surface area (Å²) in [6.07, 6.45) is 1.00. The van der Waals surface area contributed by atoms with Gasteiger partial charge in [-0.3, -0.25) is 4.79 Å². The number of benzene rings is 1. The van der Waals surface area contributed by atoms with Crippen LogP contribution in [0.15, 0.2) is 35.7 Å². The molecule has 5 heteroatoms. The van der Waals surface area contributed by atoms with Crippen molar-refractivity contribution in [2.45, 2.75) is 26.8 Å². The van der Waals surface area contributed by atoms with Crippen molar-refractivity contribution in [2.75, 3.05) is 13.7 Å². The fourth-order valence-electron chi connectivity index (χ4n) is 2.02. The maximum atomic E-state index is 11.9. The van der Waals surface area contributed by atoms with E-state index < -0.39 is 0 Å². The average Bonchev–Trinajstić information content (AvgIpc) is 3.07. The van der Waals surface area contributed by atoms with Crippen molar-refractivity contribution in [3.63, 3.8) is 0 Å². The molecule has 0 fully saturated rings. The molecule has 0 bridgehead atoms. The van der Waals surface area contributed by atoms with Gasteiger partial charge in [-0.25, -0.2) is 0 Å². The van der Waals surface area contributed by atoms with Crippen LogP contribution >= 0.6 is 11.3 Å². The molecular weight excluding hydrogens is 310 g/mol. The first-order valence-corrected chi connectivity index (χ1v) is 8.59. The van der Waals surface area contributed by atoms with Gasteiger partial charge in [0.1, 0.15) is 0 Å². The number of amides is 1. The van der Waals surface area contributed by atoms with Crippen molar-refractivity contribution >= 4 is 17.2 Å². The summed E-state index contributed by atoms with van der Waals surface area (Å²) in [4.78, 5) is 12.7. The van der Waals surface area contributed by atoms with E-state index in [-0.39, 0.29) is 5.91 Å². The molecule has 0 aliphatic carbocycles. The number of ether oxygens (including phenoxy) is 2. The molecule has 0 atom stereocenters. The monoisotopic (exact) mass is 333 g/mol. The largest absolute Gasteiger partial charge is 0.493 e. The van der Waals surface area contributed by atoms with Gasteiger partial charge in [-0.15, -0.1) is 11.3 Å². The molecule has 124 valence electrons. The molecule has 1 aromatic heterocycles. The Hall–Kier alpha value is -2.01. The van der Waals surface area contributed by atoms with Crippen LogP contribution in [0.25, 0.3) is 0 Å². The summed E-state index contributed by atoms with van der Waals surface area (Å²) >= 11 is 1.43. The molecule has 1 aromatic carbocycles. The first-order valence-electron chi connectivity index (χ1n) is 7.71. The zero-order chi connectivity index (χ0) is 16.7. The fraction of sp³-hybridized carbons (Fsp3) is 0.389. The maximum absolute atomic E-state index is 11.9. The number of thiophene rings is 1. The molecule has 0 unspecified atom stereocenters. The second kappa shape index (κ2) is 8.58. The molecule has 0 saturated heterocycles. The van der Waals surface area contributed by atoms with Gasteiger partial charge in [-0.2, -0.15) is 0 Å². The van der Waals surface area contributed by atoms with Gasteiger partial charge in [0, 0.05) is 6.54 Å². The van der Waals surface area contributed by atoms with Crippen LogP contribution in [-0.2, 0) is 6.54 Å². The lowest BCUT2D eigenvalue weighted by Crippen LogP contribution is -2.21. The molecule has 23 heavy (non-hydrogen) atoms. The fourth-order valence-corrected chi connectivity index (χ4v) is 2.66. The molecular formula is C18H23NO3S. The zero-order valence-electron chi connectivity index (χ0n) is 13.8. The average molecular weight is 333 g/mol. The van der Waals surface area contributed by atoms with Gasteiger partial charge in [0.25, 0.3) is 5.91 Å². The number of rotatable bonds is 8. The molecule has 1 N–H and O–H groups in total. The number of methoxy groups -OCH3 is 1. The van der Waals surface area contributed by atoms with Gasteiger partial charge in [-0.05, 0) is 41.5 Å². The molecule has 0 spiro atoms. The van der Waals surface area contributed by atoms with Crippen LogP contribution in [-0.4, -0.2) is 19.6 Å². The van der Waals surface area contributed by atoms with Gasteiger partial charge in [-0.1, -0.05) is 26.0 Å². The Morgan fingerprint density at radius 2 is 2.09 bits per heavy atom. The van der Waals surface area contributed by atoms with Crippen molar-refractivity contribution in [3.05, 3.63) is 46.2 Å². The van der Waals surface area contributed by atoms with Crippen LogP contribution in [0.4, 0.5) is 0 Å². The normalized spacial score (nSPS) is 10.6. The third kappa shape index (κ3) is 5.28. The molecule has 0 saturated carbocycles. The van der Waals surface area contributed by atoms with Crippen LogP contribution in [0, 0.1) is 5.92 Å². The molecule has 0 aliphatic heterocycles. The summed E-state index contributed by atoms with van der Waals surface area (Å²) < 4.78 is 11.2. The predicted molar refractivity (Wildman–Crippen MR) is 93.4 cm³/mol. The van der Waals surface area contributed by atoms with Crippen molar-refractivity contribution in [1.29, 1.82) is 0 Å². The molecule has 0 aliphatic rings. The number of hydrogen-bond donors (Lipinski definition) is 1. The Kier molecular flexibility index (Phi) is 6.47. The van der Waals surface area contributed by atoms with E-state index in [0.29, 0.717) is 29.7 Å². The van der Waals surface area contributed by atoms with Crippen LogP contribution in [0.3, 0.4) is 0 Å². The third-order valence-electron chi connectivity index (χ3n) is 3.38. The quantitative estimate of drug-likeness (QED) is 0.791. The first kappa shape index (κ1) is 17.3. The number of carbonyl (C=O) groups excluding carboxylic acids is 1. The van der Waals surface area contributed by atoms with E-state index in [0.717, 1.165) is 17.7 Å². The summed E-state index contributed by atoms with van der Waals surface area (Å²) in [6.45, 7) is 5.46. The standard InChI is InChI=1S/C18H23NO3S/c1-13(2)8-9-22-15-7-6-14(11-16(15)21-3)12-19-18(20)17-5-4-10-23-17/h4-7,10-11,13H,8-9,12H2,1-3H3,(H,19,20). The SMILES string of the molecule is COc1cc(CNC(=O)c2cccs2)ccc1OCCC(C)C. The summed E-state index contributed by atoms with van der Waals surface area (Å²) in [5, 5.41) is 4.80. The van der Waals surface area contributed by atoms with E-state index in [2.05, 4.69) is 19.2 Å². The minimum Gasteiger partial charge on any atom is -0.493 e. The van der Waals surface area contributed by atoms with Crippen molar-refractivity contribution < 1.29 is 14.3 Å². The minimum absolute atomic E-state index is 0.0590. The van der Waals surface area contributed by atoms with Crippen molar-refractivity contribution in [1.82, 2.24) is 5.32 Å². The number of carbonyl (C=O) groups is 1. The summed E-state index contributed by atoms with van der Waals surface area (Å²) in [5.74, 6) is 1.97. The van der Waals surface area contributed by atoms with Gasteiger partial charge in [0.05, 0.1) is 18.6 Å². The van der Waals surface area contributed by atoms with Gasteiger partial charge in [0.15, 0.2) is 11.5 Å². The smallest absolute Gasteiger partial charge is 0.261 e. The van der Waals surface area contributed by atoms with E-state index in [4.69, 9.17) is 9.47 Å². The van der Waals surface area contributed by atoms with Crippen molar-refractivity contribution in [3.8, 4) is 11.5 Å².